The highest BCUT2D eigenvalue weighted by Gasteiger charge is 2.09. The Kier molecular flexibility index (Phi) is 1.65. The minimum Gasteiger partial charge on any atom is -0.303 e. The zero-order valence-corrected chi connectivity index (χ0v) is 7.48. The van der Waals surface area contributed by atoms with E-state index >= 15 is 0 Å². The van der Waals surface area contributed by atoms with E-state index in [9.17, 15) is 4.79 Å². The monoisotopic (exact) mass is 178 g/mol. The van der Waals surface area contributed by atoms with Crippen molar-refractivity contribution in [2.45, 2.75) is 19.9 Å². The van der Waals surface area contributed by atoms with Gasteiger partial charge in [0, 0.05) is 6.04 Å². The molecule has 0 amide bonds. The molecule has 0 aromatic carbocycles. The van der Waals surface area contributed by atoms with E-state index in [1.807, 2.05) is 13.8 Å². The molecule has 0 aliphatic heterocycles. The molecule has 0 aliphatic rings. The van der Waals surface area contributed by atoms with Gasteiger partial charge in [0.05, 0.1) is 6.20 Å². The zero-order chi connectivity index (χ0) is 9.42. The van der Waals surface area contributed by atoms with Gasteiger partial charge in [-0.2, -0.15) is 0 Å². The maximum absolute atomic E-state index is 11.4. The first-order valence-corrected chi connectivity index (χ1v) is 4.10. The lowest BCUT2D eigenvalue weighted by Crippen LogP contribution is -2.18. The number of H-pyrrole nitrogens is 1. The molecule has 0 saturated heterocycles. The predicted molar refractivity (Wildman–Crippen MR) is 48.5 cm³/mol. The van der Waals surface area contributed by atoms with E-state index in [2.05, 4.69) is 15.0 Å². The number of imidazole rings is 1. The average molecular weight is 178 g/mol. The van der Waals surface area contributed by atoms with Crippen LogP contribution in [-0.2, 0) is 0 Å². The molecule has 0 aliphatic carbocycles. The maximum Gasteiger partial charge on any atom is 0.327 e. The molecule has 0 radical (unpaired) electrons. The van der Waals surface area contributed by atoms with Crippen LogP contribution in [-0.4, -0.2) is 19.5 Å². The molecule has 2 heterocycles. The van der Waals surface area contributed by atoms with Crippen LogP contribution in [0.5, 0.6) is 0 Å². The second-order valence-corrected chi connectivity index (χ2v) is 3.15. The minimum atomic E-state index is -0.134. The van der Waals surface area contributed by atoms with Crippen molar-refractivity contribution >= 4 is 11.2 Å². The fraction of sp³-hybridized carbons (Fsp3) is 0.375. The number of hydrogen-bond acceptors (Lipinski definition) is 3. The molecule has 1 N–H and O–H groups in total. The molecule has 0 atom stereocenters. The molecule has 0 fully saturated rings. The Hall–Kier alpha value is -1.65. The third-order valence-electron chi connectivity index (χ3n) is 1.90. The summed E-state index contributed by atoms with van der Waals surface area (Å²) in [6.07, 6.45) is 3.04. The molecule has 2 aromatic rings. The van der Waals surface area contributed by atoms with Crippen LogP contribution >= 0.6 is 0 Å². The predicted octanol–water partition coefficient (Wildman–Crippen LogP) is 0.700. The van der Waals surface area contributed by atoms with Gasteiger partial charge in [-0.25, -0.2) is 14.8 Å². The largest absolute Gasteiger partial charge is 0.327 e. The topological polar surface area (TPSA) is 63.6 Å². The second-order valence-electron chi connectivity index (χ2n) is 3.15. The van der Waals surface area contributed by atoms with Crippen LogP contribution in [0.15, 0.2) is 17.3 Å². The summed E-state index contributed by atoms with van der Waals surface area (Å²) < 4.78 is 1.61. The molecule has 2 rings (SSSR count). The molecule has 13 heavy (non-hydrogen) atoms. The third-order valence-corrected chi connectivity index (χ3v) is 1.90. The van der Waals surface area contributed by atoms with Crippen LogP contribution < -0.4 is 5.69 Å². The van der Waals surface area contributed by atoms with Crippen LogP contribution in [0, 0.1) is 0 Å². The highest BCUT2D eigenvalue weighted by molar-refractivity contribution is 5.68. The summed E-state index contributed by atoms with van der Waals surface area (Å²) in [7, 11) is 0. The lowest BCUT2D eigenvalue weighted by atomic mass is 10.4. The standard InChI is InChI=1S/C8H10N4O/c1-5(2)12-7-6(11-8(12)13)3-9-4-10-7/h3-5H,1-2H3,(H,11,13). The molecule has 2 aromatic heterocycles. The molecule has 5 nitrogen and oxygen atoms in total. The quantitative estimate of drug-likeness (QED) is 0.699. The van der Waals surface area contributed by atoms with E-state index in [0.717, 1.165) is 0 Å². The van der Waals surface area contributed by atoms with Gasteiger partial charge in [0.1, 0.15) is 11.8 Å². The van der Waals surface area contributed by atoms with Crippen LogP contribution in [0.4, 0.5) is 0 Å². The summed E-state index contributed by atoms with van der Waals surface area (Å²) in [4.78, 5) is 22.0. The van der Waals surface area contributed by atoms with Crippen molar-refractivity contribution in [3.63, 3.8) is 0 Å². The lowest BCUT2D eigenvalue weighted by Gasteiger charge is -2.04. The van der Waals surface area contributed by atoms with Gasteiger partial charge in [-0.15, -0.1) is 0 Å². The first-order valence-electron chi connectivity index (χ1n) is 4.10. The summed E-state index contributed by atoms with van der Waals surface area (Å²) in [6.45, 7) is 3.88. The van der Waals surface area contributed by atoms with Crippen LogP contribution in [0.25, 0.3) is 11.2 Å². The Bertz CT molecular complexity index is 482. The minimum absolute atomic E-state index is 0.108. The number of rotatable bonds is 1. The van der Waals surface area contributed by atoms with Crippen molar-refractivity contribution < 1.29 is 0 Å². The van der Waals surface area contributed by atoms with E-state index in [-0.39, 0.29) is 11.7 Å². The van der Waals surface area contributed by atoms with Gasteiger partial charge in [0.25, 0.3) is 0 Å². The molecule has 0 spiro atoms. The summed E-state index contributed by atoms with van der Waals surface area (Å²) in [5.41, 5.74) is 1.21. The smallest absolute Gasteiger partial charge is 0.303 e. The van der Waals surface area contributed by atoms with Gasteiger partial charge < -0.3 is 4.98 Å². The van der Waals surface area contributed by atoms with E-state index in [1.54, 1.807) is 10.8 Å². The number of fused-ring (bicyclic) bond motifs is 1. The van der Waals surface area contributed by atoms with Gasteiger partial charge in [0.2, 0.25) is 0 Å². The Labute approximate surface area is 74.4 Å². The van der Waals surface area contributed by atoms with Crippen molar-refractivity contribution in [1.29, 1.82) is 0 Å². The molecular weight excluding hydrogens is 168 g/mol. The highest BCUT2D eigenvalue weighted by Crippen LogP contribution is 2.09. The zero-order valence-electron chi connectivity index (χ0n) is 7.48. The van der Waals surface area contributed by atoms with Crippen molar-refractivity contribution in [3.8, 4) is 0 Å². The maximum atomic E-state index is 11.4. The van der Waals surface area contributed by atoms with Crippen molar-refractivity contribution in [2.24, 2.45) is 0 Å². The van der Waals surface area contributed by atoms with Crippen molar-refractivity contribution in [3.05, 3.63) is 23.0 Å². The van der Waals surface area contributed by atoms with Crippen LogP contribution in [0.1, 0.15) is 19.9 Å². The summed E-state index contributed by atoms with van der Waals surface area (Å²) >= 11 is 0. The molecule has 0 bridgehead atoms. The van der Waals surface area contributed by atoms with Gasteiger partial charge in [0.15, 0.2) is 5.65 Å². The first-order chi connectivity index (χ1) is 6.20. The Morgan fingerprint density at radius 1 is 1.54 bits per heavy atom. The van der Waals surface area contributed by atoms with Gasteiger partial charge in [-0.3, -0.25) is 4.57 Å². The van der Waals surface area contributed by atoms with E-state index in [4.69, 9.17) is 0 Å². The Morgan fingerprint density at radius 2 is 2.31 bits per heavy atom. The molecular formula is C8H10N4O. The molecule has 68 valence electrons. The number of nitrogens with one attached hydrogen (secondary N) is 1. The number of hydrogen-bond donors (Lipinski definition) is 1. The SMILES string of the molecule is CC(C)n1c(=O)[nH]c2cncnc21. The van der Waals surface area contributed by atoms with E-state index in [1.165, 1.54) is 6.33 Å². The van der Waals surface area contributed by atoms with E-state index in [0.29, 0.717) is 11.2 Å². The van der Waals surface area contributed by atoms with Crippen LogP contribution in [0.3, 0.4) is 0 Å². The fourth-order valence-electron chi connectivity index (χ4n) is 1.35. The van der Waals surface area contributed by atoms with Gasteiger partial charge in [-0.1, -0.05) is 0 Å². The van der Waals surface area contributed by atoms with E-state index < -0.39 is 0 Å². The van der Waals surface area contributed by atoms with Crippen LogP contribution in [0.2, 0.25) is 0 Å². The average Bonchev–Trinajstić information content (AvgIpc) is 2.39. The summed E-state index contributed by atoms with van der Waals surface area (Å²) in [6, 6.07) is 0.108. The number of nitrogens with zero attached hydrogens (tertiary/aromatic N) is 3. The number of aromatic amines is 1. The van der Waals surface area contributed by atoms with Gasteiger partial charge >= 0.3 is 5.69 Å². The summed E-state index contributed by atoms with van der Waals surface area (Å²) in [5, 5.41) is 0. The van der Waals surface area contributed by atoms with Crippen molar-refractivity contribution in [1.82, 2.24) is 19.5 Å². The van der Waals surface area contributed by atoms with Gasteiger partial charge in [-0.05, 0) is 13.8 Å². The first kappa shape index (κ1) is 7.97. The fourth-order valence-corrected chi connectivity index (χ4v) is 1.35. The highest BCUT2D eigenvalue weighted by atomic mass is 16.1. The molecule has 5 heteroatoms. The van der Waals surface area contributed by atoms with Crippen molar-refractivity contribution in [2.75, 3.05) is 0 Å². The molecule has 0 unspecified atom stereocenters. The Balaban J connectivity index is 2.87. The molecule has 0 saturated carbocycles. The third kappa shape index (κ3) is 1.12. The normalized spacial score (nSPS) is 11.3. The second kappa shape index (κ2) is 2.69. The summed E-state index contributed by atoms with van der Waals surface area (Å²) in [5.74, 6) is 0. The number of aromatic nitrogens is 4. The lowest BCUT2D eigenvalue weighted by molar-refractivity contribution is 0.593. The Morgan fingerprint density at radius 3 is 3.00 bits per heavy atom.